The second-order valence-electron chi connectivity index (χ2n) is 6.33. The van der Waals surface area contributed by atoms with Crippen LogP contribution in [0.2, 0.25) is 0 Å². The van der Waals surface area contributed by atoms with Gasteiger partial charge in [0.05, 0.1) is 6.10 Å². The zero-order chi connectivity index (χ0) is 15.9. The van der Waals surface area contributed by atoms with Gasteiger partial charge in [-0.1, -0.05) is 6.92 Å². The number of carboxylic acid groups (broad SMARTS) is 1. The summed E-state index contributed by atoms with van der Waals surface area (Å²) in [6, 6.07) is 0.235. The van der Waals surface area contributed by atoms with E-state index in [2.05, 4.69) is 24.1 Å². The van der Waals surface area contributed by atoms with Crippen molar-refractivity contribution in [2.24, 2.45) is 0 Å². The van der Waals surface area contributed by atoms with E-state index in [4.69, 9.17) is 4.74 Å². The SMILES string of the molecule is CCCNC(C)(CC(C)N1CCCC(OCC)C1)C(=O)O. The topological polar surface area (TPSA) is 61.8 Å². The maximum Gasteiger partial charge on any atom is 0.323 e. The van der Waals surface area contributed by atoms with E-state index >= 15 is 0 Å². The van der Waals surface area contributed by atoms with Gasteiger partial charge < -0.3 is 15.2 Å². The highest BCUT2D eigenvalue weighted by Gasteiger charge is 2.36. The minimum absolute atomic E-state index is 0.235. The number of carbonyl (C=O) groups is 1. The van der Waals surface area contributed by atoms with Crippen LogP contribution in [-0.4, -0.2) is 59.9 Å². The summed E-state index contributed by atoms with van der Waals surface area (Å²) in [4.78, 5) is 14.0. The molecule has 1 rings (SSSR count). The van der Waals surface area contributed by atoms with Crippen molar-refractivity contribution < 1.29 is 14.6 Å². The molecule has 3 atom stereocenters. The van der Waals surface area contributed by atoms with Gasteiger partial charge in [0, 0.05) is 19.2 Å². The Kier molecular flexibility index (Phi) is 7.63. The largest absolute Gasteiger partial charge is 0.480 e. The molecule has 1 aliphatic heterocycles. The van der Waals surface area contributed by atoms with Crippen LogP contribution in [0.4, 0.5) is 0 Å². The number of nitrogens with zero attached hydrogens (tertiary/aromatic N) is 1. The fourth-order valence-corrected chi connectivity index (χ4v) is 3.09. The van der Waals surface area contributed by atoms with Crippen molar-refractivity contribution >= 4 is 5.97 Å². The maximum absolute atomic E-state index is 11.6. The molecule has 0 aromatic carbocycles. The summed E-state index contributed by atoms with van der Waals surface area (Å²) in [5.41, 5.74) is -0.853. The zero-order valence-electron chi connectivity index (χ0n) is 14.0. The molecule has 2 N–H and O–H groups in total. The Morgan fingerprint density at radius 2 is 2.24 bits per heavy atom. The normalized spacial score (nSPS) is 24.5. The van der Waals surface area contributed by atoms with Crippen LogP contribution in [0.3, 0.4) is 0 Å². The molecule has 124 valence electrons. The summed E-state index contributed by atoms with van der Waals surface area (Å²) in [6.07, 6.45) is 4.09. The summed E-state index contributed by atoms with van der Waals surface area (Å²) < 4.78 is 5.73. The molecule has 0 aromatic heterocycles. The van der Waals surface area contributed by atoms with Crippen LogP contribution >= 0.6 is 0 Å². The van der Waals surface area contributed by atoms with Gasteiger partial charge in [-0.05, 0) is 59.5 Å². The number of hydrogen-bond acceptors (Lipinski definition) is 4. The third-order valence-electron chi connectivity index (χ3n) is 4.38. The number of hydrogen-bond donors (Lipinski definition) is 2. The van der Waals surface area contributed by atoms with Crippen molar-refractivity contribution in [3.63, 3.8) is 0 Å². The van der Waals surface area contributed by atoms with Gasteiger partial charge in [-0.25, -0.2) is 0 Å². The summed E-state index contributed by atoms with van der Waals surface area (Å²) in [5, 5.41) is 12.7. The van der Waals surface area contributed by atoms with E-state index in [9.17, 15) is 9.90 Å². The molecule has 1 saturated heterocycles. The van der Waals surface area contributed by atoms with Crippen LogP contribution in [0.25, 0.3) is 0 Å². The second kappa shape index (κ2) is 8.71. The van der Waals surface area contributed by atoms with Gasteiger partial charge in [0.2, 0.25) is 0 Å². The third kappa shape index (κ3) is 5.57. The molecule has 3 unspecified atom stereocenters. The van der Waals surface area contributed by atoms with Crippen molar-refractivity contribution in [1.29, 1.82) is 0 Å². The molecule has 1 heterocycles. The number of rotatable bonds is 9. The Morgan fingerprint density at radius 3 is 2.81 bits per heavy atom. The molecule has 21 heavy (non-hydrogen) atoms. The quantitative estimate of drug-likeness (QED) is 0.683. The van der Waals surface area contributed by atoms with Crippen molar-refractivity contribution in [2.75, 3.05) is 26.2 Å². The number of aliphatic carboxylic acids is 1. The number of nitrogens with one attached hydrogen (secondary N) is 1. The van der Waals surface area contributed by atoms with E-state index in [1.54, 1.807) is 6.92 Å². The van der Waals surface area contributed by atoms with E-state index < -0.39 is 11.5 Å². The van der Waals surface area contributed by atoms with Crippen molar-refractivity contribution in [1.82, 2.24) is 10.2 Å². The van der Waals surface area contributed by atoms with Crippen LogP contribution in [-0.2, 0) is 9.53 Å². The van der Waals surface area contributed by atoms with E-state index in [1.165, 1.54) is 0 Å². The standard InChI is InChI=1S/C16H32N2O3/c1-5-9-17-16(4,15(19)20)11-13(3)18-10-7-8-14(12-18)21-6-2/h13-14,17H,5-12H2,1-4H3,(H,19,20). The Balaban J connectivity index is 2.59. The first-order chi connectivity index (χ1) is 9.92. The van der Waals surface area contributed by atoms with Gasteiger partial charge in [-0.15, -0.1) is 0 Å². The average Bonchev–Trinajstić information content (AvgIpc) is 2.45. The smallest absolute Gasteiger partial charge is 0.323 e. The van der Waals surface area contributed by atoms with Crippen molar-refractivity contribution in [3.8, 4) is 0 Å². The Bertz CT molecular complexity index is 323. The number of likely N-dealkylation sites (tertiary alicyclic amines) is 1. The van der Waals surface area contributed by atoms with Crippen LogP contribution < -0.4 is 5.32 Å². The van der Waals surface area contributed by atoms with Crippen molar-refractivity contribution in [2.45, 2.75) is 71.1 Å². The molecular weight excluding hydrogens is 268 g/mol. The number of ether oxygens (including phenoxy) is 1. The lowest BCUT2D eigenvalue weighted by Gasteiger charge is -2.39. The molecule has 0 radical (unpaired) electrons. The summed E-state index contributed by atoms with van der Waals surface area (Å²) in [5.74, 6) is -0.763. The minimum atomic E-state index is -0.853. The molecule has 5 heteroatoms. The van der Waals surface area contributed by atoms with Crippen LogP contribution in [0, 0.1) is 0 Å². The predicted octanol–water partition coefficient (Wildman–Crippen LogP) is 2.11. The van der Waals surface area contributed by atoms with E-state index in [0.29, 0.717) is 12.5 Å². The van der Waals surface area contributed by atoms with E-state index in [-0.39, 0.29) is 6.04 Å². The molecule has 0 spiro atoms. The average molecular weight is 300 g/mol. The van der Waals surface area contributed by atoms with Gasteiger partial charge >= 0.3 is 5.97 Å². The highest BCUT2D eigenvalue weighted by Crippen LogP contribution is 2.22. The fourth-order valence-electron chi connectivity index (χ4n) is 3.09. The highest BCUT2D eigenvalue weighted by atomic mass is 16.5. The van der Waals surface area contributed by atoms with Crippen LogP contribution in [0.15, 0.2) is 0 Å². The first-order valence-corrected chi connectivity index (χ1v) is 8.27. The molecule has 0 bridgehead atoms. The first-order valence-electron chi connectivity index (χ1n) is 8.27. The number of carboxylic acids is 1. The zero-order valence-corrected chi connectivity index (χ0v) is 14.0. The van der Waals surface area contributed by atoms with Crippen LogP contribution in [0.1, 0.15) is 53.4 Å². The third-order valence-corrected chi connectivity index (χ3v) is 4.38. The maximum atomic E-state index is 11.6. The van der Waals surface area contributed by atoms with Gasteiger partial charge in [0.25, 0.3) is 0 Å². The lowest BCUT2D eigenvalue weighted by Crippen LogP contribution is -2.55. The van der Waals surface area contributed by atoms with E-state index in [0.717, 1.165) is 45.5 Å². The molecule has 1 fully saturated rings. The molecule has 0 aromatic rings. The van der Waals surface area contributed by atoms with Crippen molar-refractivity contribution in [3.05, 3.63) is 0 Å². The van der Waals surface area contributed by atoms with Gasteiger partial charge in [0.1, 0.15) is 5.54 Å². The van der Waals surface area contributed by atoms with E-state index in [1.807, 2.05) is 6.92 Å². The lowest BCUT2D eigenvalue weighted by atomic mass is 9.91. The summed E-state index contributed by atoms with van der Waals surface area (Å²) in [7, 11) is 0. The Morgan fingerprint density at radius 1 is 1.52 bits per heavy atom. The van der Waals surface area contributed by atoms with Gasteiger partial charge in [-0.2, -0.15) is 0 Å². The molecule has 1 aliphatic rings. The molecular formula is C16H32N2O3. The predicted molar refractivity (Wildman–Crippen MR) is 84.6 cm³/mol. The minimum Gasteiger partial charge on any atom is -0.480 e. The molecule has 0 aliphatic carbocycles. The second-order valence-corrected chi connectivity index (χ2v) is 6.33. The molecule has 0 saturated carbocycles. The molecule has 5 nitrogen and oxygen atoms in total. The summed E-state index contributed by atoms with van der Waals surface area (Å²) >= 11 is 0. The monoisotopic (exact) mass is 300 g/mol. The summed E-state index contributed by atoms with van der Waals surface area (Å²) in [6.45, 7) is 11.4. The Hall–Kier alpha value is -0.650. The highest BCUT2D eigenvalue weighted by molar-refractivity contribution is 5.78. The fraction of sp³-hybridized carbons (Fsp3) is 0.938. The Labute approximate surface area is 129 Å². The molecule has 0 amide bonds. The first kappa shape index (κ1) is 18.4. The lowest BCUT2D eigenvalue weighted by molar-refractivity contribution is -0.145. The van der Waals surface area contributed by atoms with Gasteiger partial charge in [-0.3, -0.25) is 9.69 Å². The van der Waals surface area contributed by atoms with Crippen LogP contribution in [0.5, 0.6) is 0 Å². The van der Waals surface area contributed by atoms with Gasteiger partial charge in [0.15, 0.2) is 0 Å². The number of piperidine rings is 1.